The van der Waals surface area contributed by atoms with E-state index in [1.54, 1.807) is 6.07 Å². The number of amides is 2. The molecule has 1 aliphatic heterocycles. The molecule has 126 valence electrons. The summed E-state index contributed by atoms with van der Waals surface area (Å²) in [5.41, 5.74) is 0.0557. The fourth-order valence-electron chi connectivity index (χ4n) is 1.74. The van der Waals surface area contributed by atoms with Gasteiger partial charge in [-0.2, -0.15) is 10.1 Å². The second kappa shape index (κ2) is 8.29. The maximum absolute atomic E-state index is 13.4. The zero-order valence-electron chi connectivity index (χ0n) is 12.3. The molecule has 0 bridgehead atoms. The number of anilines is 1. The third-order valence-corrected chi connectivity index (χ3v) is 3.72. The predicted molar refractivity (Wildman–Crippen MR) is 85.4 cm³/mol. The van der Waals surface area contributed by atoms with Crippen molar-refractivity contribution in [3.05, 3.63) is 30.1 Å². The molecule has 0 aromatic heterocycles. The van der Waals surface area contributed by atoms with Gasteiger partial charge in [-0.1, -0.05) is 23.9 Å². The summed E-state index contributed by atoms with van der Waals surface area (Å²) in [7, 11) is 0. The van der Waals surface area contributed by atoms with Gasteiger partial charge in [0.2, 0.25) is 11.1 Å². The molecule has 1 aliphatic rings. The number of aliphatic imine (C=N–C) groups is 1. The van der Waals surface area contributed by atoms with Crippen molar-refractivity contribution in [2.24, 2.45) is 15.2 Å². The van der Waals surface area contributed by atoms with E-state index in [-0.39, 0.29) is 29.4 Å². The van der Waals surface area contributed by atoms with Gasteiger partial charge in [-0.05, 0) is 18.6 Å². The molecule has 1 aromatic carbocycles. The topological polar surface area (TPSA) is 121 Å². The lowest BCUT2D eigenvalue weighted by Crippen LogP contribution is -2.22. The normalized spacial score (nSPS) is 16.6. The van der Waals surface area contributed by atoms with Gasteiger partial charge >= 0.3 is 5.97 Å². The fraction of sp³-hybridized carbons (Fsp3) is 0.286. The van der Waals surface area contributed by atoms with E-state index in [1.807, 2.05) is 0 Å². The van der Waals surface area contributed by atoms with Crippen molar-refractivity contribution in [3.63, 3.8) is 0 Å². The minimum Gasteiger partial charge on any atom is -0.481 e. The van der Waals surface area contributed by atoms with Crippen LogP contribution >= 0.6 is 11.8 Å². The minimum absolute atomic E-state index is 0.00950. The summed E-state index contributed by atoms with van der Waals surface area (Å²) >= 11 is 0.879. The molecule has 2 rings (SSSR count). The molecule has 0 saturated carbocycles. The Kier molecular flexibility index (Phi) is 6.13. The van der Waals surface area contributed by atoms with Crippen LogP contribution in [-0.2, 0) is 14.4 Å². The minimum atomic E-state index is -1.04. The van der Waals surface area contributed by atoms with Gasteiger partial charge in [-0.15, -0.1) is 5.11 Å². The van der Waals surface area contributed by atoms with Gasteiger partial charge in [0, 0.05) is 6.42 Å². The van der Waals surface area contributed by atoms with Crippen LogP contribution in [0.5, 0.6) is 0 Å². The Hall–Kier alpha value is -2.62. The van der Waals surface area contributed by atoms with Crippen molar-refractivity contribution < 1.29 is 23.9 Å². The van der Waals surface area contributed by atoms with Gasteiger partial charge in [0.05, 0.1) is 11.4 Å². The molecular formula is C14H13FN4O4S. The number of benzene rings is 1. The maximum Gasteiger partial charge on any atom is 0.303 e. The predicted octanol–water partition coefficient (Wildman–Crippen LogP) is 2.08. The van der Waals surface area contributed by atoms with E-state index in [1.165, 1.54) is 18.2 Å². The van der Waals surface area contributed by atoms with Crippen LogP contribution in [0.25, 0.3) is 0 Å². The summed E-state index contributed by atoms with van der Waals surface area (Å²) in [6, 6.07) is 4.83. The van der Waals surface area contributed by atoms with Gasteiger partial charge in [0.25, 0.3) is 5.91 Å². The number of nitrogens with zero attached hydrogens (tertiary/aromatic N) is 3. The van der Waals surface area contributed by atoms with E-state index in [0.717, 1.165) is 11.8 Å². The Morgan fingerprint density at radius 3 is 2.75 bits per heavy atom. The first-order chi connectivity index (χ1) is 11.5. The number of rotatable bonds is 6. The van der Waals surface area contributed by atoms with Gasteiger partial charge in [-0.25, -0.2) is 4.39 Å². The number of halogens is 1. The Balaban J connectivity index is 1.82. The summed E-state index contributed by atoms with van der Waals surface area (Å²) < 4.78 is 13.4. The van der Waals surface area contributed by atoms with Crippen LogP contribution in [0.3, 0.4) is 0 Å². The van der Waals surface area contributed by atoms with Crippen molar-refractivity contribution in [1.82, 2.24) is 0 Å². The Labute approximate surface area is 140 Å². The molecule has 1 atom stereocenters. The van der Waals surface area contributed by atoms with Gasteiger partial charge in [-0.3, -0.25) is 14.4 Å². The van der Waals surface area contributed by atoms with Gasteiger partial charge < -0.3 is 10.4 Å². The zero-order chi connectivity index (χ0) is 17.5. The molecular weight excluding hydrogens is 339 g/mol. The SMILES string of the molecule is O=C(O)CCC1N=NC(SCC(=O)Nc2ccccc2F)=NC1=O. The van der Waals surface area contributed by atoms with Crippen LogP contribution in [0, 0.1) is 5.82 Å². The molecule has 10 heteroatoms. The van der Waals surface area contributed by atoms with Crippen LogP contribution in [0.15, 0.2) is 39.5 Å². The van der Waals surface area contributed by atoms with Gasteiger partial charge in [0.15, 0.2) is 6.04 Å². The lowest BCUT2D eigenvalue weighted by molar-refractivity contribution is -0.137. The van der Waals surface area contributed by atoms with Crippen molar-refractivity contribution in [2.75, 3.05) is 11.1 Å². The highest BCUT2D eigenvalue weighted by atomic mass is 32.2. The number of carbonyl (C=O) groups is 3. The molecule has 0 spiro atoms. The summed E-state index contributed by atoms with van der Waals surface area (Å²) in [6.07, 6.45) is -0.189. The standard InChI is InChI=1S/C14H13FN4O4S/c15-8-3-1-2-4-9(8)16-11(20)7-24-14-17-13(23)10(18-19-14)5-6-12(21)22/h1-4,10H,5-7H2,(H,16,20)(H,21,22). The number of azo groups is 1. The highest BCUT2D eigenvalue weighted by Gasteiger charge is 2.23. The smallest absolute Gasteiger partial charge is 0.303 e. The molecule has 0 saturated heterocycles. The number of carboxylic acids is 1. The van der Waals surface area contributed by atoms with Crippen LogP contribution in [0.1, 0.15) is 12.8 Å². The summed E-state index contributed by atoms with van der Waals surface area (Å²) in [4.78, 5) is 37.6. The summed E-state index contributed by atoms with van der Waals surface area (Å²) in [5.74, 6) is -2.79. The van der Waals surface area contributed by atoms with Gasteiger partial charge in [0.1, 0.15) is 5.82 Å². The Bertz CT molecular complexity index is 722. The van der Waals surface area contributed by atoms with Crippen LogP contribution in [0.2, 0.25) is 0 Å². The summed E-state index contributed by atoms with van der Waals surface area (Å²) in [6.45, 7) is 0. The van der Waals surface area contributed by atoms with Crippen molar-refractivity contribution in [2.45, 2.75) is 18.9 Å². The zero-order valence-corrected chi connectivity index (χ0v) is 13.1. The molecule has 0 aliphatic carbocycles. The lowest BCUT2D eigenvalue weighted by Gasteiger charge is -2.11. The number of carboxylic acid groups (broad SMARTS) is 1. The fourth-order valence-corrected chi connectivity index (χ4v) is 2.33. The monoisotopic (exact) mass is 352 g/mol. The maximum atomic E-state index is 13.4. The van der Waals surface area contributed by atoms with E-state index in [4.69, 9.17) is 5.11 Å². The number of aliphatic carboxylic acids is 1. The Morgan fingerprint density at radius 1 is 1.33 bits per heavy atom. The molecule has 1 unspecified atom stereocenters. The number of para-hydroxylation sites is 1. The summed E-state index contributed by atoms with van der Waals surface area (Å²) in [5, 5.41) is 18.4. The quantitative estimate of drug-likeness (QED) is 0.812. The number of thioether (sulfide) groups is 1. The van der Waals surface area contributed by atoms with Crippen LogP contribution < -0.4 is 5.32 Å². The molecule has 0 fully saturated rings. The van der Waals surface area contributed by atoms with E-state index in [9.17, 15) is 18.8 Å². The number of hydrogen-bond acceptors (Lipinski definition) is 6. The van der Waals surface area contributed by atoms with Crippen molar-refractivity contribution in [1.29, 1.82) is 0 Å². The molecule has 1 aromatic rings. The average molecular weight is 352 g/mol. The molecule has 2 amide bonds. The first-order valence-electron chi connectivity index (χ1n) is 6.88. The molecule has 1 heterocycles. The van der Waals surface area contributed by atoms with Crippen molar-refractivity contribution in [3.8, 4) is 0 Å². The third-order valence-electron chi connectivity index (χ3n) is 2.89. The number of carbonyl (C=O) groups excluding carboxylic acids is 2. The van der Waals surface area contributed by atoms with E-state index < -0.39 is 29.6 Å². The molecule has 8 nitrogen and oxygen atoms in total. The second-order valence-corrected chi connectivity index (χ2v) is 5.66. The lowest BCUT2D eigenvalue weighted by atomic mass is 10.1. The largest absolute Gasteiger partial charge is 0.481 e. The number of nitrogens with one attached hydrogen (secondary N) is 1. The average Bonchev–Trinajstić information content (AvgIpc) is 2.54. The highest BCUT2D eigenvalue weighted by Crippen LogP contribution is 2.17. The van der Waals surface area contributed by atoms with Crippen LogP contribution in [-0.4, -0.2) is 39.9 Å². The molecule has 0 radical (unpaired) electrons. The molecule has 2 N–H and O–H groups in total. The molecule has 24 heavy (non-hydrogen) atoms. The second-order valence-electron chi connectivity index (χ2n) is 4.71. The Morgan fingerprint density at radius 2 is 2.08 bits per heavy atom. The van der Waals surface area contributed by atoms with Crippen LogP contribution in [0.4, 0.5) is 10.1 Å². The first kappa shape index (κ1) is 17.7. The number of amidine groups is 1. The van der Waals surface area contributed by atoms with E-state index in [0.29, 0.717) is 0 Å². The number of hydrogen-bond donors (Lipinski definition) is 2. The highest BCUT2D eigenvalue weighted by molar-refractivity contribution is 8.14. The van der Waals surface area contributed by atoms with E-state index in [2.05, 4.69) is 20.5 Å². The van der Waals surface area contributed by atoms with E-state index >= 15 is 0 Å². The van der Waals surface area contributed by atoms with Crippen molar-refractivity contribution >= 4 is 40.4 Å². The first-order valence-corrected chi connectivity index (χ1v) is 7.86. The third kappa shape index (κ3) is 5.23.